The largest absolute Gasteiger partial charge is 0.347 e. The Labute approximate surface area is 117 Å². The van der Waals surface area contributed by atoms with E-state index in [1.807, 2.05) is 40.7 Å². The minimum Gasteiger partial charge on any atom is -0.347 e. The molecular weight excluding hydrogens is 260 g/mol. The number of thiazole rings is 1. The van der Waals surface area contributed by atoms with Crippen LogP contribution in [0.5, 0.6) is 0 Å². The summed E-state index contributed by atoms with van der Waals surface area (Å²) in [6.07, 6.45) is 1.39. The van der Waals surface area contributed by atoms with Crippen LogP contribution in [-0.2, 0) is 4.79 Å². The number of amides is 1. The van der Waals surface area contributed by atoms with E-state index in [-0.39, 0.29) is 11.1 Å². The summed E-state index contributed by atoms with van der Waals surface area (Å²) < 4.78 is 0. The molecule has 1 aromatic rings. The van der Waals surface area contributed by atoms with Gasteiger partial charge >= 0.3 is 0 Å². The van der Waals surface area contributed by atoms with Crippen molar-refractivity contribution < 1.29 is 4.79 Å². The molecule has 6 heteroatoms. The summed E-state index contributed by atoms with van der Waals surface area (Å²) in [5.74, 6) is -0.396. The van der Waals surface area contributed by atoms with Crippen molar-refractivity contribution in [3.63, 3.8) is 0 Å². The van der Waals surface area contributed by atoms with Crippen molar-refractivity contribution in [2.75, 3.05) is 5.32 Å². The lowest BCUT2D eigenvalue weighted by Gasteiger charge is -2.19. The van der Waals surface area contributed by atoms with Gasteiger partial charge in [0.2, 0.25) is 0 Å². The van der Waals surface area contributed by atoms with E-state index >= 15 is 0 Å². The Morgan fingerprint density at radius 2 is 2.05 bits per heavy atom. The normalized spacial score (nSPS) is 11.9. The number of rotatable bonds is 3. The van der Waals surface area contributed by atoms with E-state index < -0.39 is 5.91 Å². The molecule has 0 aliphatic rings. The van der Waals surface area contributed by atoms with Gasteiger partial charge in [0, 0.05) is 16.6 Å². The molecule has 0 bridgehead atoms. The second-order valence-electron chi connectivity index (χ2n) is 5.18. The fraction of sp³-hybridized carbons (Fsp3) is 0.462. The molecule has 1 aromatic heterocycles. The molecule has 0 atom stereocenters. The number of aromatic nitrogens is 1. The smallest absolute Gasteiger partial charge is 0.263 e. The maximum atomic E-state index is 11.8. The van der Waals surface area contributed by atoms with Crippen LogP contribution in [0.25, 0.3) is 0 Å². The zero-order valence-corrected chi connectivity index (χ0v) is 12.6. The molecule has 0 spiro atoms. The van der Waals surface area contributed by atoms with E-state index in [2.05, 4.69) is 15.6 Å². The molecule has 0 saturated carbocycles. The standard InChI is InChI=1S/C13H18N4OS/c1-8-9(2)19-12(16-8)15-7-10(6-14)11(18)17-13(3,4)5/h7H,1-5H3,(H,15,16)(H,17,18)/b10-7-. The van der Waals surface area contributed by atoms with Gasteiger partial charge in [0.05, 0.1) is 5.69 Å². The molecule has 102 valence electrons. The molecule has 2 N–H and O–H groups in total. The maximum absolute atomic E-state index is 11.8. The minimum absolute atomic E-state index is 0.0282. The molecule has 1 heterocycles. The molecule has 1 amide bonds. The van der Waals surface area contributed by atoms with Crippen LogP contribution in [0.2, 0.25) is 0 Å². The van der Waals surface area contributed by atoms with Crippen LogP contribution >= 0.6 is 11.3 Å². The molecule has 0 fully saturated rings. The van der Waals surface area contributed by atoms with Crippen molar-refractivity contribution >= 4 is 22.4 Å². The molecule has 0 radical (unpaired) electrons. The van der Waals surface area contributed by atoms with Crippen molar-refractivity contribution in [1.29, 1.82) is 5.26 Å². The summed E-state index contributed by atoms with van der Waals surface area (Å²) in [5, 5.41) is 15.3. The average molecular weight is 278 g/mol. The van der Waals surface area contributed by atoms with Gasteiger partial charge in [-0.15, -0.1) is 11.3 Å². The van der Waals surface area contributed by atoms with E-state index in [9.17, 15) is 4.79 Å². The number of hydrogen-bond acceptors (Lipinski definition) is 5. The van der Waals surface area contributed by atoms with E-state index in [1.165, 1.54) is 17.5 Å². The van der Waals surface area contributed by atoms with Gasteiger partial charge in [-0.1, -0.05) is 0 Å². The highest BCUT2D eigenvalue weighted by molar-refractivity contribution is 7.15. The van der Waals surface area contributed by atoms with Gasteiger partial charge in [-0.25, -0.2) is 4.98 Å². The fourth-order valence-corrected chi connectivity index (χ4v) is 2.01. The summed E-state index contributed by atoms with van der Waals surface area (Å²) in [6.45, 7) is 9.47. The van der Waals surface area contributed by atoms with Crippen molar-refractivity contribution in [1.82, 2.24) is 10.3 Å². The number of carbonyl (C=O) groups excluding carboxylic acids is 1. The predicted molar refractivity (Wildman–Crippen MR) is 76.8 cm³/mol. The first-order valence-electron chi connectivity index (χ1n) is 5.86. The molecule has 0 aromatic carbocycles. The number of nitrogens with zero attached hydrogens (tertiary/aromatic N) is 2. The number of carbonyl (C=O) groups is 1. The van der Waals surface area contributed by atoms with Crippen LogP contribution < -0.4 is 10.6 Å². The van der Waals surface area contributed by atoms with Gasteiger partial charge in [-0.3, -0.25) is 4.79 Å². The highest BCUT2D eigenvalue weighted by atomic mass is 32.1. The van der Waals surface area contributed by atoms with Crippen molar-refractivity contribution in [2.24, 2.45) is 0 Å². The quantitative estimate of drug-likeness (QED) is 0.658. The molecular formula is C13H18N4OS. The summed E-state index contributed by atoms with van der Waals surface area (Å²) in [7, 11) is 0. The second kappa shape index (κ2) is 5.85. The molecule has 0 aliphatic heterocycles. The number of aryl methyl sites for hydroxylation is 2. The van der Waals surface area contributed by atoms with Crippen LogP contribution in [0.15, 0.2) is 11.8 Å². The highest BCUT2D eigenvalue weighted by Crippen LogP contribution is 2.21. The van der Waals surface area contributed by atoms with Gasteiger partial charge in [0.1, 0.15) is 11.6 Å². The van der Waals surface area contributed by atoms with Crippen molar-refractivity contribution in [3.8, 4) is 6.07 Å². The molecule has 0 saturated heterocycles. The molecule has 0 aliphatic carbocycles. The zero-order chi connectivity index (χ0) is 14.6. The van der Waals surface area contributed by atoms with Crippen LogP contribution in [0.1, 0.15) is 31.3 Å². The summed E-state index contributed by atoms with van der Waals surface area (Å²) in [5.41, 5.74) is 0.598. The lowest BCUT2D eigenvalue weighted by molar-refractivity contribution is -0.118. The third kappa shape index (κ3) is 4.72. The van der Waals surface area contributed by atoms with E-state index in [4.69, 9.17) is 5.26 Å². The minimum atomic E-state index is -0.396. The predicted octanol–water partition coefficient (Wildman–Crippen LogP) is 2.49. The van der Waals surface area contributed by atoms with Gasteiger partial charge in [-0.2, -0.15) is 5.26 Å². The van der Waals surface area contributed by atoms with Gasteiger partial charge in [0.25, 0.3) is 5.91 Å². The monoisotopic (exact) mass is 278 g/mol. The van der Waals surface area contributed by atoms with Gasteiger partial charge in [-0.05, 0) is 34.6 Å². The fourth-order valence-electron chi connectivity index (χ4n) is 1.22. The topological polar surface area (TPSA) is 77.8 Å². The summed E-state index contributed by atoms with van der Waals surface area (Å²) in [6, 6.07) is 1.88. The van der Waals surface area contributed by atoms with E-state index in [0.29, 0.717) is 5.13 Å². The summed E-state index contributed by atoms with van der Waals surface area (Å²) >= 11 is 1.48. The Hall–Kier alpha value is -1.87. The number of nitrogens with one attached hydrogen (secondary N) is 2. The lowest BCUT2D eigenvalue weighted by atomic mass is 10.1. The Bertz CT molecular complexity index is 526. The third-order valence-electron chi connectivity index (χ3n) is 2.22. The second-order valence-corrected chi connectivity index (χ2v) is 6.38. The molecule has 0 unspecified atom stereocenters. The first kappa shape index (κ1) is 15.2. The Morgan fingerprint density at radius 1 is 1.42 bits per heavy atom. The first-order chi connectivity index (χ1) is 8.73. The Kier molecular flexibility index (Phi) is 4.67. The maximum Gasteiger partial charge on any atom is 0.263 e. The number of anilines is 1. The lowest BCUT2D eigenvalue weighted by Crippen LogP contribution is -2.41. The average Bonchev–Trinajstić information content (AvgIpc) is 2.56. The number of nitriles is 1. The number of hydrogen-bond donors (Lipinski definition) is 2. The van der Waals surface area contributed by atoms with Crippen LogP contribution in [0, 0.1) is 25.2 Å². The first-order valence-corrected chi connectivity index (χ1v) is 6.68. The SMILES string of the molecule is Cc1nc(N/C=C(/C#N)C(=O)NC(C)(C)C)sc1C. The Balaban J connectivity index is 2.78. The Morgan fingerprint density at radius 3 is 2.47 bits per heavy atom. The molecule has 5 nitrogen and oxygen atoms in total. The van der Waals surface area contributed by atoms with Gasteiger partial charge in [0.15, 0.2) is 5.13 Å². The van der Waals surface area contributed by atoms with E-state index in [1.54, 1.807) is 0 Å². The van der Waals surface area contributed by atoms with Crippen molar-refractivity contribution in [2.45, 2.75) is 40.2 Å². The van der Waals surface area contributed by atoms with Crippen LogP contribution in [-0.4, -0.2) is 16.4 Å². The van der Waals surface area contributed by atoms with Gasteiger partial charge < -0.3 is 10.6 Å². The third-order valence-corrected chi connectivity index (χ3v) is 3.23. The zero-order valence-electron chi connectivity index (χ0n) is 11.8. The molecule has 1 rings (SSSR count). The van der Waals surface area contributed by atoms with Crippen LogP contribution in [0.3, 0.4) is 0 Å². The summed E-state index contributed by atoms with van der Waals surface area (Å²) in [4.78, 5) is 17.2. The van der Waals surface area contributed by atoms with Crippen LogP contribution in [0.4, 0.5) is 5.13 Å². The molecule has 19 heavy (non-hydrogen) atoms. The highest BCUT2D eigenvalue weighted by Gasteiger charge is 2.17. The van der Waals surface area contributed by atoms with E-state index in [0.717, 1.165) is 10.6 Å². The van der Waals surface area contributed by atoms with Crippen molar-refractivity contribution in [3.05, 3.63) is 22.3 Å².